The van der Waals surface area contributed by atoms with E-state index in [4.69, 9.17) is 11.1 Å². The van der Waals surface area contributed by atoms with Crippen molar-refractivity contribution in [2.75, 3.05) is 0 Å². The molecule has 0 aliphatic rings. The zero-order valence-electron chi connectivity index (χ0n) is 9.28. The third-order valence-electron chi connectivity index (χ3n) is 2.64. The fourth-order valence-electron chi connectivity index (χ4n) is 1.63. The summed E-state index contributed by atoms with van der Waals surface area (Å²) in [5, 5.41) is 8.21. The number of rotatable bonds is 3. The van der Waals surface area contributed by atoms with Crippen molar-refractivity contribution in [1.82, 2.24) is 0 Å². The molecular formula is C14H13BrN2. The van der Waals surface area contributed by atoms with Crippen LogP contribution in [0.4, 0.5) is 0 Å². The van der Waals surface area contributed by atoms with Crippen LogP contribution in [0.3, 0.4) is 0 Å². The Morgan fingerprint density at radius 2 is 1.41 bits per heavy atom. The Morgan fingerprint density at radius 3 is 1.82 bits per heavy atom. The highest BCUT2D eigenvalue weighted by atomic mass is 79.9. The first-order valence-electron chi connectivity index (χ1n) is 5.30. The van der Waals surface area contributed by atoms with Gasteiger partial charge in [0.15, 0.2) is 0 Å². The third kappa shape index (κ3) is 2.74. The summed E-state index contributed by atoms with van der Waals surface area (Å²) < 4.78 is 0. The minimum atomic E-state index is 0.103. The molecule has 0 heterocycles. The number of amidine groups is 1. The predicted octanol–water partition coefficient (Wildman–Crippen LogP) is 3.53. The summed E-state index contributed by atoms with van der Waals surface area (Å²) >= 11 is 3.43. The van der Waals surface area contributed by atoms with E-state index in [0.29, 0.717) is 0 Å². The first-order chi connectivity index (χ1) is 8.20. The number of nitrogens with two attached hydrogens (primary N) is 1. The van der Waals surface area contributed by atoms with Gasteiger partial charge in [0.05, 0.1) is 0 Å². The summed E-state index contributed by atoms with van der Waals surface area (Å²) in [7, 11) is 0. The lowest BCUT2D eigenvalue weighted by Gasteiger charge is -2.04. The molecule has 0 unspecified atom stereocenters. The van der Waals surface area contributed by atoms with Crippen LogP contribution >= 0.6 is 15.9 Å². The van der Waals surface area contributed by atoms with Gasteiger partial charge in [-0.3, -0.25) is 5.41 Å². The highest BCUT2D eigenvalue weighted by Gasteiger charge is 1.99. The molecule has 2 rings (SSSR count). The average molecular weight is 289 g/mol. The number of hydrogen-bond acceptors (Lipinski definition) is 1. The molecule has 2 aromatic carbocycles. The van der Waals surface area contributed by atoms with E-state index in [2.05, 4.69) is 40.2 Å². The summed E-state index contributed by atoms with van der Waals surface area (Å²) in [5.41, 5.74) is 9.74. The van der Waals surface area contributed by atoms with E-state index >= 15 is 0 Å². The molecule has 0 aliphatic heterocycles. The Hall–Kier alpha value is -1.61. The summed E-state index contributed by atoms with van der Waals surface area (Å²) in [4.78, 5) is 0. The van der Waals surface area contributed by atoms with Crippen molar-refractivity contribution in [3.8, 4) is 11.1 Å². The quantitative estimate of drug-likeness (QED) is 0.507. The normalized spacial score (nSPS) is 10.2. The van der Waals surface area contributed by atoms with Crippen LogP contribution in [0.1, 0.15) is 11.1 Å². The number of hydrogen-bond donors (Lipinski definition) is 2. The SMILES string of the molecule is N=C(N)c1ccc(-c2ccc(CBr)cc2)cc1. The number of benzene rings is 2. The van der Waals surface area contributed by atoms with Gasteiger partial charge in [-0.25, -0.2) is 0 Å². The van der Waals surface area contributed by atoms with Gasteiger partial charge in [0.25, 0.3) is 0 Å². The van der Waals surface area contributed by atoms with E-state index in [1.807, 2.05) is 24.3 Å². The molecule has 86 valence electrons. The van der Waals surface area contributed by atoms with Crippen LogP contribution in [0, 0.1) is 5.41 Å². The van der Waals surface area contributed by atoms with Crippen LogP contribution in [0.25, 0.3) is 11.1 Å². The Balaban J connectivity index is 2.29. The van der Waals surface area contributed by atoms with E-state index in [-0.39, 0.29) is 5.84 Å². The largest absolute Gasteiger partial charge is 0.384 e. The predicted molar refractivity (Wildman–Crippen MR) is 75.5 cm³/mol. The molecule has 0 amide bonds. The third-order valence-corrected chi connectivity index (χ3v) is 3.28. The lowest BCUT2D eigenvalue weighted by atomic mass is 10.0. The van der Waals surface area contributed by atoms with E-state index in [1.54, 1.807) is 0 Å². The van der Waals surface area contributed by atoms with E-state index in [1.165, 1.54) is 11.1 Å². The Labute approximate surface area is 109 Å². The second-order valence-corrected chi connectivity index (χ2v) is 4.38. The highest BCUT2D eigenvalue weighted by Crippen LogP contribution is 2.20. The van der Waals surface area contributed by atoms with Crippen molar-refractivity contribution >= 4 is 21.8 Å². The van der Waals surface area contributed by atoms with Gasteiger partial charge in [0.2, 0.25) is 0 Å². The van der Waals surface area contributed by atoms with Crippen LogP contribution in [0.15, 0.2) is 48.5 Å². The van der Waals surface area contributed by atoms with Crippen molar-refractivity contribution in [2.45, 2.75) is 5.33 Å². The molecule has 0 atom stereocenters. The molecule has 0 fully saturated rings. The zero-order valence-corrected chi connectivity index (χ0v) is 10.9. The topological polar surface area (TPSA) is 49.9 Å². The van der Waals surface area contributed by atoms with E-state index in [9.17, 15) is 0 Å². The molecule has 0 spiro atoms. The first kappa shape index (κ1) is 11.9. The molecule has 0 radical (unpaired) electrons. The summed E-state index contributed by atoms with van der Waals surface area (Å²) in [5.74, 6) is 0.103. The fourth-order valence-corrected chi connectivity index (χ4v) is 2.00. The Kier molecular flexibility index (Phi) is 3.59. The second-order valence-electron chi connectivity index (χ2n) is 3.82. The average Bonchev–Trinajstić information content (AvgIpc) is 2.39. The van der Waals surface area contributed by atoms with Crippen molar-refractivity contribution in [1.29, 1.82) is 5.41 Å². The number of halogens is 1. The first-order valence-corrected chi connectivity index (χ1v) is 6.42. The molecular weight excluding hydrogens is 276 g/mol. The molecule has 2 aromatic rings. The maximum atomic E-state index is 7.34. The van der Waals surface area contributed by atoms with Crippen LogP contribution in [0.5, 0.6) is 0 Å². The fraction of sp³-hybridized carbons (Fsp3) is 0.0714. The van der Waals surface area contributed by atoms with Crippen molar-refractivity contribution in [3.05, 3.63) is 59.7 Å². The number of nitrogen functional groups attached to an aromatic ring is 1. The van der Waals surface area contributed by atoms with Gasteiger partial charge in [-0.15, -0.1) is 0 Å². The molecule has 0 saturated heterocycles. The molecule has 2 nitrogen and oxygen atoms in total. The van der Waals surface area contributed by atoms with Crippen molar-refractivity contribution in [3.63, 3.8) is 0 Å². The van der Waals surface area contributed by atoms with Gasteiger partial charge in [0.1, 0.15) is 5.84 Å². The van der Waals surface area contributed by atoms with Gasteiger partial charge in [-0.2, -0.15) is 0 Å². The van der Waals surface area contributed by atoms with Gasteiger partial charge in [-0.1, -0.05) is 64.5 Å². The van der Waals surface area contributed by atoms with Crippen LogP contribution in [-0.4, -0.2) is 5.84 Å². The molecule has 3 N–H and O–H groups in total. The maximum absolute atomic E-state index is 7.34. The van der Waals surface area contributed by atoms with Gasteiger partial charge in [-0.05, 0) is 16.7 Å². The molecule has 0 saturated carbocycles. The minimum absolute atomic E-state index is 0.103. The highest BCUT2D eigenvalue weighted by molar-refractivity contribution is 9.08. The smallest absolute Gasteiger partial charge is 0.122 e. The van der Waals surface area contributed by atoms with E-state index in [0.717, 1.165) is 16.5 Å². The lowest BCUT2D eigenvalue weighted by Crippen LogP contribution is -2.10. The van der Waals surface area contributed by atoms with Crippen LogP contribution in [0.2, 0.25) is 0 Å². The maximum Gasteiger partial charge on any atom is 0.122 e. The van der Waals surface area contributed by atoms with Crippen LogP contribution < -0.4 is 5.73 Å². The summed E-state index contributed by atoms with van der Waals surface area (Å²) in [6.45, 7) is 0. The van der Waals surface area contributed by atoms with Gasteiger partial charge >= 0.3 is 0 Å². The van der Waals surface area contributed by atoms with Gasteiger partial charge in [0, 0.05) is 10.9 Å². The molecule has 3 heteroatoms. The van der Waals surface area contributed by atoms with Crippen molar-refractivity contribution < 1.29 is 0 Å². The van der Waals surface area contributed by atoms with Crippen molar-refractivity contribution in [2.24, 2.45) is 5.73 Å². The van der Waals surface area contributed by atoms with Crippen LogP contribution in [-0.2, 0) is 5.33 Å². The summed E-state index contributed by atoms with van der Waals surface area (Å²) in [6.07, 6.45) is 0. The minimum Gasteiger partial charge on any atom is -0.384 e. The number of alkyl halides is 1. The molecule has 0 bridgehead atoms. The lowest BCUT2D eigenvalue weighted by molar-refractivity contribution is 1.42. The van der Waals surface area contributed by atoms with E-state index < -0.39 is 0 Å². The Morgan fingerprint density at radius 1 is 0.941 bits per heavy atom. The number of nitrogens with one attached hydrogen (secondary N) is 1. The second kappa shape index (κ2) is 5.15. The zero-order chi connectivity index (χ0) is 12.3. The Bertz CT molecular complexity index is 515. The van der Waals surface area contributed by atoms with Gasteiger partial charge < -0.3 is 5.73 Å². The molecule has 0 aliphatic carbocycles. The monoisotopic (exact) mass is 288 g/mol. The molecule has 0 aromatic heterocycles. The summed E-state index contributed by atoms with van der Waals surface area (Å²) in [6, 6.07) is 16.1. The standard InChI is InChI=1S/C14H13BrN2/c15-9-10-1-3-11(4-2-10)12-5-7-13(8-6-12)14(16)17/h1-8H,9H2,(H3,16,17). The molecule has 17 heavy (non-hydrogen) atoms.